The monoisotopic (exact) mass is 502 g/mol. The second-order valence-electron chi connectivity index (χ2n) is 10.3. The van der Waals surface area contributed by atoms with E-state index in [2.05, 4.69) is 20.1 Å². The minimum Gasteiger partial charge on any atom is -0.376 e. The van der Waals surface area contributed by atoms with E-state index in [1.165, 1.54) is 6.42 Å². The van der Waals surface area contributed by atoms with Crippen LogP contribution < -0.4 is 10.6 Å². The first-order chi connectivity index (χ1) is 16.8. The highest BCUT2D eigenvalue weighted by Crippen LogP contribution is 2.32. The molecule has 1 aliphatic carbocycles. The molecule has 2 fully saturated rings. The highest BCUT2D eigenvalue weighted by molar-refractivity contribution is 6.31. The molecule has 35 heavy (non-hydrogen) atoms. The summed E-state index contributed by atoms with van der Waals surface area (Å²) in [4.78, 5) is 27.3. The minimum absolute atomic E-state index is 0.0121. The van der Waals surface area contributed by atoms with Crippen LogP contribution in [0, 0.1) is 5.92 Å². The first-order valence-electron chi connectivity index (χ1n) is 13.0. The smallest absolute Gasteiger partial charge is 0.237 e. The molecule has 0 radical (unpaired) electrons. The number of nitrogens with zero attached hydrogens (tertiary/aromatic N) is 2. The number of Topliss-reactive ketones (excluding diaryl/α,β-unsaturated/α-hetero) is 1. The van der Waals surface area contributed by atoms with Gasteiger partial charge in [-0.05, 0) is 70.7 Å². The molecule has 4 atom stereocenters. The number of hydrogen-bond acceptors (Lipinski definition) is 5. The van der Waals surface area contributed by atoms with Crippen molar-refractivity contribution in [2.75, 3.05) is 13.6 Å². The van der Waals surface area contributed by atoms with Crippen molar-refractivity contribution in [3.8, 4) is 0 Å². The molecule has 7 nitrogen and oxygen atoms in total. The van der Waals surface area contributed by atoms with E-state index in [1.54, 1.807) is 14.0 Å². The van der Waals surface area contributed by atoms with Gasteiger partial charge in [0.25, 0.3) is 0 Å². The Morgan fingerprint density at radius 2 is 1.91 bits per heavy atom. The van der Waals surface area contributed by atoms with Crippen molar-refractivity contribution in [1.29, 1.82) is 0 Å². The number of ketones is 1. The number of fused-ring (bicyclic) bond motifs is 1. The van der Waals surface area contributed by atoms with Gasteiger partial charge in [-0.15, -0.1) is 0 Å². The van der Waals surface area contributed by atoms with Gasteiger partial charge in [-0.3, -0.25) is 14.5 Å². The Labute approximate surface area is 213 Å². The Balaban J connectivity index is 1.57. The van der Waals surface area contributed by atoms with E-state index in [-0.39, 0.29) is 35.7 Å². The predicted molar refractivity (Wildman–Crippen MR) is 140 cm³/mol. The lowest BCUT2D eigenvalue weighted by atomic mass is 9.82. The Morgan fingerprint density at radius 3 is 2.60 bits per heavy atom. The largest absolute Gasteiger partial charge is 0.376 e. The van der Waals surface area contributed by atoms with E-state index in [0.717, 1.165) is 56.0 Å². The van der Waals surface area contributed by atoms with Gasteiger partial charge in [0, 0.05) is 46.8 Å². The molecule has 1 unspecified atom stereocenters. The molecule has 1 aliphatic heterocycles. The summed E-state index contributed by atoms with van der Waals surface area (Å²) in [5.41, 5.74) is 1.64. The van der Waals surface area contributed by atoms with Crippen LogP contribution in [0.5, 0.6) is 0 Å². The first-order valence-corrected chi connectivity index (χ1v) is 13.4. The van der Waals surface area contributed by atoms with Gasteiger partial charge in [0.2, 0.25) is 5.91 Å². The number of hydrogen-bond donors (Lipinski definition) is 3. The van der Waals surface area contributed by atoms with Crippen LogP contribution in [0.3, 0.4) is 0 Å². The molecular formula is C27H39ClN4O3. The van der Waals surface area contributed by atoms with Crippen LogP contribution in [0.2, 0.25) is 5.02 Å². The van der Waals surface area contributed by atoms with Gasteiger partial charge >= 0.3 is 0 Å². The van der Waals surface area contributed by atoms with Gasteiger partial charge in [0.05, 0.1) is 12.1 Å². The molecule has 1 aromatic carbocycles. The molecule has 2 aliphatic rings. The lowest BCUT2D eigenvalue weighted by molar-refractivity contribution is -0.127. The van der Waals surface area contributed by atoms with Crippen molar-refractivity contribution in [3.05, 3.63) is 35.0 Å². The summed E-state index contributed by atoms with van der Waals surface area (Å²) < 4.78 is 2.12. The molecule has 1 amide bonds. The summed E-state index contributed by atoms with van der Waals surface area (Å²) >= 11 is 6.22. The molecule has 1 saturated heterocycles. The van der Waals surface area contributed by atoms with Gasteiger partial charge in [-0.1, -0.05) is 30.9 Å². The third kappa shape index (κ3) is 5.74. The highest BCUT2D eigenvalue weighted by Gasteiger charge is 2.39. The molecule has 3 N–H and O–H groups in total. The summed E-state index contributed by atoms with van der Waals surface area (Å²) in [7, 11) is 1.77. The molecule has 8 heteroatoms. The molecular weight excluding hydrogens is 464 g/mol. The number of likely N-dealkylation sites (tertiary alicyclic amines) is 1. The number of benzene rings is 1. The van der Waals surface area contributed by atoms with E-state index < -0.39 is 6.23 Å². The maximum atomic E-state index is 12.8. The summed E-state index contributed by atoms with van der Waals surface area (Å²) in [5, 5.41) is 19.3. The molecule has 1 aromatic heterocycles. The minimum atomic E-state index is -0.748. The fraction of sp³-hybridized carbons (Fsp3) is 0.630. The average molecular weight is 503 g/mol. The van der Waals surface area contributed by atoms with Crippen molar-refractivity contribution in [2.24, 2.45) is 5.92 Å². The number of nitrogens with one attached hydrogen (secondary N) is 2. The molecule has 4 rings (SSSR count). The maximum Gasteiger partial charge on any atom is 0.237 e. The van der Waals surface area contributed by atoms with Crippen molar-refractivity contribution < 1.29 is 14.7 Å². The number of aliphatic hydroxyl groups is 1. The van der Waals surface area contributed by atoms with Crippen molar-refractivity contribution in [3.63, 3.8) is 0 Å². The zero-order valence-electron chi connectivity index (χ0n) is 21.1. The zero-order valence-corrected chi connectivity index (χ0v) is 21.9. The number of likely N-dealkylation sites (N-methyl/N-ethyl adjacent to an activating group) is 1. The average Bonchev–Trinajstić information content (AvgIpc) is 3.46. The number of carbonyl (C=O) groups excluding carboxylic acids is 2. The van der Waals surface area contributed by atoms with Crippen LogP contribution in [0.4, 0.5) is 0 Å². The van der Waals surface area contributed by atoms with Gasteiger partial charge in [-0.2, -0.15) is 0 Å². The van der Waals surface area contributed by atoms with Crippen LogP contribution in [-0.2, 0) is 11.3 Å². The molecule has 0 bridgehead atoms. The molecule has 2 heterocycles. The van der Waals surface area contributed by atoms with E-state index in [9.17, 15) is 14.7 Å². The Morgan fingerprint density at radius 1 is 1.17 bits per heavy atom. The van der Waals surface area contributed by atoms with E-state index in [1.807, 2.05) is 31.3 Å². The number of carbonyl (C=O) groups is 2. The third-order valence-corrected chi connectivity index (χ3v) is 8.24. The van der Waals surface area contributed by atoms with E-state index >= 15 is 0 Å². The SMILES string of the molecule is CN[C@@H](C)C(=O)N[C@@H](C1CCCCC1)C(O)N1CCC[C@H]1Cn1cc(C(C)=O)c2cc(Cl)ccc21. The van der Waals surface area contributed by atoms with Gasteiger partial charge in [0.15, 0.2) is 5.78 Å². The zero-order chi connectivity index (χ0) is 25.1. The van der Waals surface area contributed by atoms with Crippen LogP contribution >= 0.6 is 11.6 Å². The summed E-state index contributed by atoms with van der Waals surface area (Å²) in [6, 6.07) is 5.16. The molecule has 2 aromatic rings. The fourth-order valence-corrected chi connectivity index (χ4v) is 6.06. The van der Waals surface area contributed by atoms with Crippen LogP contribution in [0.25, 0.3) is 10.9 Å². The molecule has 0 spiro atoms. The van der Waals surface area contributed by atoms with Gasteiger partial charge < -0.3 is 20.3 Å². The van der Waals surface area contributed by atoms with E-state index in [4.69, 9.17) is 11.6 Å². The maximum absolute atomic E-state index is 12.8. The van der Waals surface area contributed by atoms with Crippen molar-refractivity contribution in [1.82, 2.24) is 20.1 Å². The van der Waals surface area contributed by atoms with Gasteiger partial charge in [0.1, 0.15) is 6.23 Å². The van der Waals surface area contributed by atoms with Gasteiger partial charge in [-0.25, -0.2) is 0 Å². The van der Waals surface area contributed by atoms with Crippen molar-refractivity contribution in [2.45, 2.75) is 89.7 Å². The Bertz CT molecular complexity index is 1050. The Kier molecular flexibility index (Phi) is 8.53. The lowest BCUT2D eigenvalue weighted by Crippen LogP contribution is -2.59. The van der Waals surface area contributed by atoms with Crippen LogP contribution in [0.1, 0.15) is 69.2 Å². The Hall–Kier alpha value is -1.93. The van der Waals surface area contributed by atoms with E-state index in [0.29, 0.717) is 17.1 Å². The first kappa shape index (κ1) is 26.1. The highest BCUT2D eigenvalue weighted by atomic mass is 35.5. The number of halogens is 1. The van der Waals surface area contributed by atoms with Crippen LogP contribution in [0.15, 0.2) is 24.4 Å². The number of aliphatic hydroxyl groups excluding tert-OH is 1. The summed E-state index contributed by atoms with van der Waals surface area (Å²) in [6.07, 6.45) is 8.67. The molecule has 192 valence electrons. The lowest BCUT2D eigenvalue weighted by Gasteiger charge is -2.40. The second kappa shape index (κ2) is 11.4. The number of aromatic nitrogens is 1. The summed E-state index contributed by atoms with van der Waals surface area (Å²) in [5.74, 6) is 0.210. The normalized spacial score (nSPS) is 22.3. The topological polar surface area (TPSA) is 86.6 Å². The summed E-state index contributed by atoms with van der Waals surface area (Å²) in [6.45, 7) is 4.88. The fourth-order valence-electron chi connectivity index (χ4n) is 5.89. The number of rotatable bonds is 9. The number of amides is 1. The van der Waals surface area contributed by atoms with Crippen molar-refractivity contribution >= 4 is 34.2 Å². The third-order valence-electron chi connectivity index (χ3n) is 8.01. The molecule has 1 saturated carbocycles. The predicted octanol–water partition coefficient (Wildman–Crippen LogP) is 3.95. The standard InChI is InChI=1S/C27H39ClN4O3/c1-17(29-3)26(34)30-25(19-8-5-4-6-9-19)27(35)32-13-7-10-21(32)15-31-16-23(18(2)33)22-14-20(28)11-12-24(22)31/h11-12,14,16-17,19,21,25,27,29,35H,4-10,13,15H2,1-3H3,(H,30,34)/t17-,21-,25-,27?/m0/s1. The quantitative estimate of drug-likeness (QED) is 0.452. The second-order valence-corrected chi connectivity index (χ2v) is 10.7. The van der Waals surface area contributed by atoms with Crippen LogP contribution in [-0.4, -0.2) is 64.2 Å².